The summed E-state index contributed by atoms with van der Waals surface area (Å²) in [6, 6.07) is 15.5. The number of carbonyl (C=O) groups excluding carboxylic acids is 1. The van der Waals surface area contributed by atoms with Gasteiger partial charge >= 0.3 is 0 Å². The fourth-order valence-electron chi connectivity index (χ4n) is 4.30. The van der Waals surface area contributed by atoms with Crippen LogP contribution in [0, 0.1) is 11.8 Å². The van der Waals surface area contributed by atoms with E-state index in [1.165, 1.54) is 5.57 Å². The number of hydrazone groups is 1. The minimum absolute atomic E-state index is 0.0413. The molecule has 1 heterocycles. The van der Waals surface area contributed by atoms with Crippen LogP contribution >= 0.6 is 23.2 Å². The molecule has 3 atom stereocenters. The number of hydrogen-bond acceptors (Lipinski definition) is 2. The Kier molecular flexibility index (Phi) is 5.31. The lowest BCUT2D eigenvalue weighted by Crippen LogP contribution is -2.32. The van der Waals surface area contributed by atoms with Crippen LogP contribution in [0.1, 0.15) is 43.9 Å². The quantitative estimate of drug-likeness (QED) is 0.562. The molecule has 2 aliphatic rings. The summed E-state index contributed by atoms with van der Waals surface area (Å²) in [7, 11) is 0. The number of nitrogens with zero attached hydrogens (tertiary/aromatic N) is 2. The van der Waals surface area contributed by atoms with Crippen LogP contribution in [0.3, 0.4) is 0 Å². The van der Waals surface area contributed by atoms with E-state index in [1.807, 2.05) is 48.5 Å². The highest BCUT2D eigenvalue weighted by Gasteiger charge is 2.44. The van der Waals surface area contributed by atoms with Crippen molar-refractivity contribution < 1.29 is 4.79 Å². The molecule has 0 spiro atoms. The Balaban J connectivity index is 1.75. The molecule has 4 rings (SSSR count). The number of halogens is 2. The number of fused-ring (bicyclic) bond motifs is 1. The summed E-state index contributed by atoms with van der Waals surface area (Å²) in [5.74, 6) is 0.664. The maximum absolute atomic E-state index is 12.4. The van der Waals surface area contributed by atoms with Gasteiger partial charge in [-0.15, -0.1) is 0 Å². The molecule has 5 heteroatoms. The lowest BCUT2D eigenvalue weighted by molar-refractivity contribution is -0.131. The van der Waals surface area contributed by atoms with Crippen molar-refractivity contribution in [3.63, 3.8) is 0 Å². The van der Waals surface area contributed by atoms with Gasteiger partial charge in [0.1, 0.15) is 0 Å². The molecule has 0 bridgehead atoms. The number of hydrogen-bond donors (Lipinski definition) is 0. The average molecular weight is 413 g/mol. The number of carbonyl (C=O) groups is 1. The second-order valence-electron chi connectivity index (χ2n) is 7.72. The first-order chi connectivity index (χ1) is 13.4. The van der Waals surface area contributed by atoms with E-state index in [2.05, 4.69) is 13.0 Å². The summed E-state index contributed by atoms with van der Waals surface area (Å²) in [6.45, 7) is 3.85. The van der Waals surface area contributed by atoms with E-state index in [0.29, 0.717) is 10.9 Å². The molecular weight excluding hydrogens is 391 g/mol. The molecule has 28 heavy (non-hydrogen) atoms. The molecule has 3 nitrogen and oxygen atoms in total. The zero-order chi connectivity index (χ0) is 19.8. The first kappa shape index (κ1) is 19.2. The summed E-state index contributed by atoms with van der Waals surface area (Å²) in [4.78, 5) is 12.4. The van der Waals surface area contributed by atoms with Crippen LogP contribution in [0.15, 0.2) is 59.2 Å². The molecule has 0 unspecified atom stereocenters. The van der Waals surface area contributed by atoms with Gasteiger partial charge in [-0.2, -0.15) is 5.10 Å². The summed E-state index contributed by atoms with van der Waals surface area (Å²) < 4.78 is 0. The Morgan fingerprint density at radius 1 is 1.07 bits per heavy atom. The van der Waals surface area contributed by atoms with Crippen LogP contribution in [0.5, 0.6) is 0 Å². The molecule has 1 saturated carbocycles. The number of amides is 1. The minimum Gasteiger partial charge on any atom is -0.273 e. The number of benzene rings is 2. The predicted octanol–water partition coefficient (Wildman–Crippen LogP) is 6.38. The molecule has 0 N–H and O–H groups in total. The molecule has 1 aliphatic heterocycles. The smallest absolute Gasteiger partial charge is 0.240 e. The zero-order valence-corrected chi connectivity index (χ0v) is 17.4. The molecule has 0 saturated heterocycles. The third kappa shape index (κ3) is 3.74. The van der Waals surface area contributed by atoms with Crippen LogP contribution in [-0.2, 0) is 4.79 Å². The molecule has 0 radical (unpaired) electrons. The van der Waals surface area contributed by atoms with E-state index in [0.717, 1.165) is 34.7 Å². The second kappa shape index (κ2) is 7.73. The molecule has 1 aliphatic carbocycles. The molecule has 2 aromatic carbocycles. The molecular formula is C23H22Cl2N2O. The Morgan fingerprint density at radius 3 is 2.29 bits per heavy atom. The Bertz CT molecular complexity index is 948. The summed E-state index contributed by atoms with van der Waals surface area (Å²) in [5, 5.41) is 7.86. The van der Waals surface area contributed by atoms with Crippen molar-refractivity contribution in [1.82, 2.24) is 5.01 Å². The second-order valence-corrected chi connectivity index (χ2v) is 8.59. The Labute approximate surface area is 175 Å². The number of rotatable bonds is 2. The third-order valence-electron chi connectivity index (χ3n) is 5.51. The molecule has 0 aromatic heterocycles. The van der Waals surface area contributed by atoms with Gasteiger partial charge in [0, 0.05) is 22.9 Å². The van der Waals surface area contributed by atoms with Gasteiger partial charge in [0.05, 0.1) is 11.8 Å². The van der Waals surface area contributed by atoms with Gasteiger partial charge < -0.3 is 0 Å². The SMILES string of the molecule is CC(=O)N1N=C2/C(=C/c3ccc(Cl)cc3)C[C@H](C)C[C@H]2[C@@H]1c1ccc(Cl)cc1. The molecule has 1 amide bonds. The average Bonchev–Trinajstić information content (AvgIpc) is 3.04. The van der Waals surface area contributed by atoms with Crippen molar-refractivity contribution >= 4 is 40.9 Å². The van der Waals surface area contributed by atoms with Crippen molar-refractivity contribution in [2.75, 3.05) is 0 Å². The van der Waals surface area contributed by atoms with Gasteiger partial charge in [-0.05, 0) is 65.8 Å². The predicted molar refractivity (Wildman–Crippen MR) is 115 cm³/mol. The van der Waals surface area contributed by atoms with Crippen LogP contribution in [0.2, 0.25) is 10.0 Å². The van der Waals surface area contributed by atoms with Crippen LogP contribution in [0.25, 0.3) is 6.08 Å². The molecule has 144 valence electrons. The standard InChI is InChI=1S/C23H22Cl2N2O/c1-14-11-18(13-16-3-7-19(24)8-4-16)22-21(12-14)23(27(26-22)15(2)28)17-5-9-20(25)10-6-17/h3-10,13-14,21,23H,11-12H2,1-2H3/b18-13+/t14-,21+,23-/m0/s1. The minimum atomic E-state index is -0.0823. The maximum Gasteiger partial charge on any atom is 0.240 e. The summed E-state index contributed by atoms with van der Waals surface area (Å²) >= 11 is 12.1. The fraction of sp³-hybridized carbons (Fsp3) is 0.304. The highest BCUT2D eigenvalue weighted by molar-refractivity contribution is 6.30. The first-order valence-corrected chi connectivity index (χ1v) is 10.3. The summed E-state index contributed by atoms with van der Waals surface area (Å²) in [5.41, 5.74) is 4.40. The first-order valence-electron chi connectivity index (χ1n) is 9.52. The third-order valence-corrected chi connectivity index (χ3v) is 6.01. The van der Waals surface area contributed by atoms with Gasteiger partial charge in [-0.25, -0.2) is 5.01 Å². The fourth-order valence-corrected chi connectivity index (χ4v) is 4.56. The van der Waals surface area contributed by atoms with E-state index in [4.69, 9.17) is 28.3 Å². The van der Waals surface area contributed by atoms with Gasteiger partial charge in [0.2, 0.25) is 5.91 Å². The van der Waals surface area contributed by atoms with Crippen molar-refractivity contribution in [3.05, 3.63) is 75.3 Å². The Hall–Kier alpha value is -2.10. The van der Waals surface area contributed by atoms with Gasteiger partial charge in [-0.3, -0.25) is 4.79 Å². The zero-order valence-electron chi connectivity index (χ0n) is 15.9. The normalized spacial score (nSPS) is 25.6. The van der Waals surface area contributed by atoms with Crippen LogP contribution < -0.4 is 0 Å². The van der Waals surface area contributed by atoms with Gasteiger partial charge in [-0.1, -0.05) is 54.4 Å². The molecule has 2 aromatic rings. The van der Waals surface area contributed by atoms with E-state index in [9.17, 15) is 4.79 Å². The van der Waals surface area contributed by atoms with E-state index in [1.54, 1.807) is 11.9 Å². The van der Waals surface area contributed by atoms with E-state index >= 15 is 0 Å². The van der Waals surface area contributed by atoms with Gasteiger partial charge in [0.25, 0.3) is 0 Å². The monoisotopic (exact) mass is 412 g/mol. The number of allylic oxidation sites excluding steroid dienone is 1. The topological polar surface area (TPSA) is 32.7 Å². The lowest BCUT2D eigenvalue weighted by atomic mass is 9.73. The van der Waals surface area contributed by atoms with Crippen LogP contribution in [-0.4, -0.2) is 16.6 Å². The Morgan fingerprint density at radius 2 is 1.68 bits per heavy atom. The van der Waals surface area contributed by atoms with E-state index < -0.39 is 0 Å². The van der Waals surface area contributed by atoms with Crippen LogP contribution in [0.4, 0.5) is 0 Å². The lowest BCUT2D eigenvalue weighted by Gasteiger charge is -2.32. The van der Waals surface area contributed by atoms with Gasteiger partial charge in [0.15, 0.2) is 0 Å². The van der Waals surface area contributed by atoms with Crippen molar-refractivity contribution in [1.29, 1.82) is 0 Å². The van der Waals surface area contributed by atoms with Crippen molar-refractivity contribution in [3.8, 4) is 0 Å². The highest BCUT2D eigenvalue weighted by Crippen LogP contribution is 2.46. The maximum atomic E-state index is 12.4. The van der Waals surface area contributed by atoms with Crippen molar-refractivity contribution in [2.45, 2.75) is 32.7 Å². The highest BCUT2D eigenvalue weighted by atomic mass is 35.5. The van der Waals surface area contributed by atoms with Crippen molar-refractivity contribution in [2.24, 2.45) is 16.9 Å². The largest absolute Gasteiger partial charge is 0.273 e. The molecule has 1 fully saturated rings. The summed E-state index contributed by atoms with van der Waals surface area (Å²) in [6.07, 6.45) is 4.14. The van der Waals surface area contributed by atoms with E-state index in [-0.39, 0.29) is 17.9 Å².